The molecular formula is C22H22N4O3. The lowest BCUT2D eigenvalue weighted by atomic mass is 10.0. The molecule has 0 aliphatic carbocycles. The van der Waals surface area contributed by atoms with E-state index in [-0.39, 0.29) is 6.54 Å². The quantitative estimate of drug-likeness (QED) is 0.490. The van der Waals surface area contributed by atoms with Gasteiger partial charge in [0, 0.05) is 23.2 Å². The fourth-order valence-corrected chi connectivity index (χ4v) is 3.20. The smallest absolute Gasteiger partial charge is 0.280 e. The molecule has 0 aliphatic heterocycles. The number of aliphatic hydroxyl groups is 1. The van der Waals surface area contributed by atoms with Crippen molar-refractivity contribution in [2.24, 2.45) is 5.73 Å². The van der Waals surface area contributed by atoms with Gasteiger partial charge >= 0.3 is 0 Å². The molecule has 3 N–H and O–H groups in total. The van der Waals surface area contributed by atoms with Gasteiger partial charge in [0.1, 0.15) is 0 Å². The van der Waals surface area contributed by atoms with E-state index < -0.39 is 6.10 Å². The van der Waals surface area contributed by atoms with E-state index >= 15 is 0 Å². The van der Waals surface area contributed by atoms with Gasteiger partial charge in [0.05, 0.1) is 6.10 Å². The van der Waals surface area contributed by atoms with Crippen LogP contribution in [-0.2, 0) is 6.42 Å². The zero-order valence-corrected chi connectivity index (χ0v) is 16.1. The van der Waals surface area contributed by atoms with Crippen molar-refractivity contribution < 1.29 is 14.2 Å². The Kier molecular flexibility index (Phi) is 5.50. The molecular weight excluding hydrogens is 368 g/mol. The molecule has 2 heterocycles. The van der Waals surface area contributed by atoms with Crippen LogP contribution >= 0.6 is 0 Å². The Labute approximate surface area is 168 Å². The summed E-state index contributed by atoms with van der Waals surface area (Å²) in [6.45, 7) is 2.27. The summed E-state index contributed by atoms with van der Waals surface area (Å²) in [5.41, 5.74) is 9.50. The van der Waals surface area contributed by atoms with Gasteiger partial charge in [-0.2, -0.15) is 4.98 Å². The van der Waals surface area contributed by atoms with Gasteiger partial charge in [-0.05, 0) is 12.0 Å². The minimum atomic E-state index is -0.687. The monoisotopic (exact) mass is 390 g/mol. The number of aromatic nitrogens is 3. The lowest BCUT2D eigenvalue weighted by Gasteiger charge is -2.07. The standard InChI is InChI=1S/C22H22N4O3/c1-2-6-17-19(25-28-20(17)15-7-4-3-5-8-15)22-24-21(26-29-22)16-11-9-14(10-12-16)18(27)13-23/h3-5,7-12,18,27H,2,6,13,23H2,1H3. The molecule has 0 aliphatic rings. The zero-order chi connectivity index (χ0) is 20.2. The van der Waals surface area contributed by atoms with Crippen molar-refractivity contribution in [3.05, 3.63) is 65.7 Å². The normalized spacial score (nSPS) is 12.2. The van der Waals surface area contributed by atoms with Gasteiger partial charge in [0.25, 0.3) is 5.89 Å². The summed E-state index contributed by atoms with van der Waals surface area (Å²) < 4.78 is 11.1. The second-order valence-corrected chi connectivity index (χ2v) is 6.75. The Balaban J connectivity index is 1.67. The lowest BCUT2D eigenvalue weighted by Crippen LogP contribution is -2.11. The van der Waals surface area contributed by atoms with Crippen LogP contribution in [0, 0.1) is 0 Å². The number of rotatable bonds is 7. The van der Waals surface area contributed by atoms with E-state index in [9.17, 15) is 5.11 Å². The molecule has 7 heteroatoms. The number of hydrogen-bond acceptors (Lipinski definition) is 7. The molecule has 0 fully saturated rings. The number of nitrogens with zero attached hydrogens (tertiary/aromatic N) is 3. The van der Waals surface area contributed by atoms with E-state index in [1.165, 1.54) is 0 Å². The van der Waals surface area contributed by atoms with Gasteiger partial charge in [-0.3, -0.25) is 0 Å². The zero-order valence-electron chi connectivity index (χ0n) is 16.1. The van der Waals surface area contributed by atoms with Gasteiger partial charge in [0.2, 0.25) is 5.82 Å². The van der Waals surface area contributed by atoms with E-state index in [2.05, 4.69) is 22.2 Å². The van der Waals surface area contributed by atoms with Crippen LogP contribution in [-0.4, -0.2) is 26.9 Å². The minimum Gasteiger partial charge on any atom is -0.387 e. The van der Waals surface area contributed by atoms with Crippen molar-refractivity contribution >= 4 is 0 Å². The van der Waals surface area contributed by atoms with Crippen LogP contribution in [0.1, 0.15) is 30.6 Å². The summed E-state index contributed by atoms with van der Waals surface area (Å²) in [7, 11) is 0. The third-order valence-electron chi connectivity index (χ3n) is 4.73. The van der Waals surface area contributed by atoms with Crippen LogP contribution in [0.2, 0.25) is 0 Å². The molecule has 0 saturated heterocycles. The molecule has 7 nitrogen and oxygen atoms in total. The maximum Gasteiger partial charge on any atom is 0.280 e. The Morgan fingerprint density at radius 1 is 0.966 bits per heavy atom. The first-order valence-electron chi connectivity index (χ1n) is 9.57. The number of benzene rings is 2. The van der Waals surface area contributed by atoms with Crippen LogP contribution in [0.15, 0.2) is 63.6 Å². The van der Waals surface area contributed by atoms with Crippen molar-refractivity contribution in [2.45, 2.75) is 25.9 Å². The Morgan fingerprint density at radius 3 is 2.41 bits per heavy atom. The molecule has 4 rings (SSSR count). The van der Waals surface area contributed by atoms with Crippen molar-refractivity contribution in [1.29, 1.82) is 0 Å². The molecule has 2 aromatic carbocycles. The van der Waals surface area contributed by atoms with Crippen molar-refractivity contribution in [3.63, 3.8) is 0 Å². The molecule has 4 aromatic rings. The van der Waals surface area contributed by atoms with Crippen LogP contribution in [0.3, 0.4) is 0 Å². The summed E-state index contributed by atoms with van der Waals surface area (Å²) in [6, 6.07) is 17.1. The highest BCUT2D eigenvalue weighted by Crippen LogP contribution is 2.33. The average Bonchev–Trinajstić information content (AvgIpc) is 3.41. The summed E-state index contributed by atoms with van der Waals surface area (Å²) in [5.74, 6) is 1.49. The number of hydrogen-bond donors (Lipinski definition) is 2. The van der Waals surface area contributed by atoms with E-state index in [0.717, 1.165) is 40.9 Å². The summed E-state index contributed by atoms with van der Waals surface area (Å²) >= 11 is 0. The number of nitrogens with two attached hydrogens (primary N) is 1. The van der Waals surface area contributed by atoms with E-state index in [0.29, 0.717) is 17.4 Å². The fourth-order valence-electron chi connectivity index (χ4n) is 3.20. The lowest BCUT2D eigenvalue weighted by molar-refractivity contribution is 0.187. The maximum absolute atomic E-state index is 9.83. The van der Waals surface area contributed by atoms with Crippen molar-refractivity contribution in [1.82, 2.24) is 15.3 Å². The van der Waals surface area contributed by atoms with Crippen LogP contribution in [0.4, 0.5) is 0 Å². The Bertz CT molecular complexity index is 1070. The van der Waals surface area contributed by atoms with E-state index in [1.54, 1.807) is 12.1 Å². The van der Waals surface area contributed by atoms with Crippen molar-refractivity contribution in [3.8, 4) is 34.3 Å². The Hall–Kier alpha value is -3.29. The van der Waals surface area contributed by atoms with Crippen LogP contribution in [0.25, 0.3) is 34.3 Å². The predicted octanol–water partition coefficient (Wildman–Crippen LogP) is 4.00. The van der Waals surface area contributed by atoms with Gasteiger partial charge in [0.15, 0.2) is 11.5 Å². The highest BCUT2D eigenvalue weighted by atomic mass is 16.5. The third-order valence-corrected chi connectivity index (χ3v) is 4.73. The molecule has 1 unspecified atom stereocenters. The second-order valence-electron chi connectivity index (χ2n) is 6.75. The van der Waals surface area contributed by atoms with E-state index in [4.69, 9.17) is 14.8 Å². The molecule has 2 aromatic heterocycles. The number of aliphatic hydroxyl groups excluding tert-OH is 1. The molecule has 148 valence electrons. The molecule has 1 atom stereocenters. The molecule has 0 spiro atoms. The summed E-state index contributed by atoms with van der Waals surface area (Å²) in [4.78, 5) is 4.51. The first-order chi connectivity index (χ1) is 14.2. The third kappa shape index (κ3) is 3.83. The van der Waals surface area contributed by atoms with Crippen LogP contribution < -0.4 is 5.73 Å². The molecule has 0 bridgehead atoms. The molecule has 0 amide bonds. The van der Waals surface area contributed by atoms with Gasteiger partial charge in [-0.1, -0.05) is 78.3 Å². The highest BCUT2D eigenvalue weighted by molar-refractivity contribution is 5.69. The summed E-state index contributed by atoms with van der Waals surface area (Å²) in [6.07, 6.45) is 1.03. The molecule has 0 saturated carbocycles. The van der Waals surface area contributed by atoms with E-state index in [1.807, 2.05) is 42.5 Å². The largest absolute Gasteiger partial charge is 0.387 e. The SMILES string of the molecule is CCCc1c(-c2nc(-c3ccc(C(O)CN)cc3)no2)noc1-c1ccccc1. The van der Waals surface area contributed by atoms with Gasteiger partial charge < -0.3 is 19.9 Å². The fraction of sp³-hybridized carbons (Fsp3) is 0.227. The average molecular weight is 390 g/mol. The predicted molar refractivity (Wildman–Crippen MR) is 109 cm³/mol. The summed E-state index contributed by atoms with van der Waals surface area (Å²) in [5, 5.41) is 18.1. The van der Waals surface area contributed by atoms with Gasteiger partial charge in [-0.15, -0.1) is 0 Å². The highest BCUT2D eigenvalue weighted by Gasteiger charge is 2.23. The van der Waals surface area contributed by atoms with Gasteiger partial charge in [-0.25, -0.2) is 0 Å². The molecule has 0 radical (unpaired) electrons. The Morgan fingerprint density at radius 2 is 1.72 bits per heavy atom. The molecule has 29 heavy (non-hydrogen) atoms. The maximum atomic E-state index is 9.83. The first-order valence-corrected chi connectivity index (χ1v) is 9.57. The first kappa shape index (κ1) is 19.0. The second kappa shape index (κ2) is 8.38. The van der Waals surface area contributed by atoms with Crippen LogP contribution in [0.5, 0.6) is 0 Å². The van der Waals surface area contributed by atoms with Crippen molar-refractivity contribution in [2.75, 3.05) is 6.54 Å². The topological polar surface area (TPSA) is 111 Å². The minimum absolute atomic E-state index is 0.168.